The van der Waals surface area contributed by atoms with Crippen LogP contribution in [0.1, 0.15) is 25.0 Å². The molecule has 0 atom stereocenters. The lowest BCUT2D eigenvalue weighted by atomic mass is 10.1. The van der Waals surface area contributed by atoms with Gasteiger partial charge in [-0.05, 0) is 25.1 Å². The van der Waals surface area contributed by atoms with Gasteiger partial charge in [-0.15, -0.1) is 0 Å². The zero-order valence-electron chi connectivity index (χ0n) is 12.7. The molecule has 0 N–H and O–H groups in total. The van der Waals surface area contributed by atoms with Crippen molar-refractivity contribution in [1.29, 1.82) is 0 Å². The second-order valence-electron chi connectivity index (χ2n) is 3.88. The molecule has 0 bridgehead atoms. The highest BCUT2D eigenvalue weighted by atomic mass is 19.4. The van der Waals surface area contributed by atoms with Crippen LogP contribution in [0.25, 0.3) is 0 Å². The minimum atomic E-state index is -4.22. The zero-order chi connectivity index (χ0) is 16.3. The highest BCUT2D eigenvalue weighted by Gasteiger charge is 2.29. The summed E-state index contributed by atoms with van der Waals surface area (Å²) in [6.45, 7) is 5.63. The van der Waals surface area contributed by atoms with E-state index in [9.17, 15) is 13.2 Å². The number of aryl methyl sites for hydroxylation is 1. The molecule has 0 aliphatic carbocycles. The SMILES string of the molecule is CC.COc1ccccc1.Cc1cccc(C(F)(F)F)c1. The van der Waals surface area contributed by atoms with Gasteiger partial charge < -0.3 is 4.74 Å². The van der Waals surface area contributed by atoms with Crippen LogP contribution in [0, 0.1) is 6.92 Å². The summed E-state index contributed by atoms with van der Waals surface area (Å²) in [6, 6.07) is 14.9. The molecule has 4 heteroatoms. The Morgan fingerprint density at radius 2 is 1.43 bits per heavy atom. The van der Waals surface area contributed by atoms with E-state index in [4.69, 9.17) is 4.74 Å². The lowest BCUT2D eigenvalue weighted by molar-refractivity contribution is -0.137. The van der Waals surface area contributed by atoms with Gasteiger partial charge in [0.1, 0.15) is 5.75 Å². The first-order valence-electron chi connectivity index (χ1n) is 6.66. The Morgan fingerprint density at radius 1 is 0.857 bits per heavy atom. The molecule has 0 saturated carbocycles. The molecule has 0 amide bonds. The van der Waals surface area contributed by atoms with Crippen molar-refractivity contribution in [3.05, 3.63) is 65.7 Å². The number of alkyl halides is 3. The van der Waals surface area contributed by atoms with Crippen molar-refractivity contribution in [2.75, 3.05) is 7.11 Å². The summed E-state index contributed by atoms with van der Waals surface area (Å²) in [4.78, 5) is 0. The van der Waals surface area contributed by atoms with E-state index in [0.717, 1.165) is 17.9 Å². The molecule has 0 unspecified atom stereocenters. The normalized spacial score (nSPS) is 9.67. The molecule has 2 rings (SSSR count). The Balaban J connectivity index is 0.000000354. The van der Waals surface area contributed by atoms with Crippen LogP contribution < -0.4 is 4.74 Å². The third kappa shape index (κ3) is 8.02. The van der Waals surface area contributed by atoms with Crippen molar-refractivity contribution in [2.45, 2.75) is 26.9 Å². The summed E-state index contributed by atoms with van der Waals surface area (Å²) in [5.74, 6) is 0.910. The maximum atomic E-state index is 12.0. The highest BCUT2D eigenvalue weighted by molar-refractivity contribution is 5.24. The number of hydrogen-bond acceptors (Lipinski definition) is 1. The van der Waals surface area contributed by atoms with Crippen LogP contribution in [0.5, 0.6) is 5.75 Å². The van der Waals surface area contributed by atoms with Crippen molar-refractivity contribution in [3.8, 4) is 5.75 Å². The van der Waals surface area contributed by atoms with Gasteiger partial charge >= 0.3 is 6.18 Å². The Labute approximate surface area is 124 Å². The van der Waals surface area contributed by atoms with Gasteiger partial charge in [-0.1, -0.05) is 55.8 Å². The number of hydrogen-bond donors (Lipinski definition) is 0. The van der Waals surface area contributed by atoms with Crippen LogP contribution in [0.4, 0.5) is 13.2 Å². The molecule has 0 aliphatic heterocycles. The summed E-state index contributed by atoms with van der Waals surface area (Å²) >= 11 is 0. The predicted octanol–water partition coefficient (Wildman–Crippen LogP) is 5.74. The van der Waals surface area contributed by atoms with Gasteiger partial charge in [-0.25, -0.2) is 0 Å². The van der Waals surface area contributed by atoms with Gasteiger partial charge in [-0.3, -0.25) is 0 Å². The lowest BCUT2D eigenvalue weighted by Gasteiger charge is -2.05. The van der Waals surface area contributed by atoms with Crippen LogP contribution in [-0.2, 0) is 6.18 Å². The fourth-order valence-corrected chi connectivity index (χ4v) is 1.38. The first-order valence-corrected chi connectivity index (χ1v) is 6.66. The number of halogens is 3. The lowest BCUT2D eigenvalue weighted by Crippen LogP contribution is -2.04. The number of methoxy groups -OCH3 is 1. The first kappa shape index (κ1) is 19.0. The van der Waals surface area contributed by atoms with Gasteiger partial charge in [0.25, 0.3) is 0 Å². The van der Waals surface area contributed by atoms with E-state index in [1.807, 2.05) is 44.2 Å². The van der Waals surface area contributed by atoms with E-state index in [-0.39, 0.29) is 0 Å². The molecule has 0 saturated heterocycles. The minimum Gasteiger partial charge on any atom is -0.497 e. The summed E-state index contributed by atoms with van der Waals surface area (Å²) in [6.07, 6.45) is -4.22. The van der Waals surface area contributed by atoms with E-state index in [2.05, 4.69) is 0 Å². The smallest absolute Gasteiger partial charge is 0.416 e. The molecule has 0 radical (unpaired) electrons. The summed E-state index contributed by atoms with van der Waals surface area (Å²) in [5, 5.41) is 0. The molecular weight excluding hydrogens is 277 g/mol. The van der Waals surface area contributed by atoms with Crippen molar-refractivity contribution in [2.24, 2.45) is 0 Å². The molecule has 1 nitrogen and oxygen atoms in total. The number of benzene rings is 2. The quantitative estimate of drug-likeness (QED) is 0.652. The van der Waals surface area contributed by atoms with Crippen molar-refractivity contribution < 1.29 is 17.9 Å². The average Bonchev–Trinajstić information content (AvgIpc) is 2.50. The van der Waals surface area contributed by atoms with Gasteiger partial charge in [0.15, 0.2) is 0 Å². The van der Waals surface area contributed by atoms with Crippen LogP contribution in [0.15, 0.2) is 54.6 Å². The van der Waals surface area contributed by atoms with Gasteiger partial charge in [-0.2, -0.15) is 13.2 Å². The third-order valence-electron chi connectivity index (χ3n) is 2.32. The molecule has 116 valence electrons. The molecule has 0 aromatic heterocycles. The highest BCUT2D eigenvalue weighted by Crippen LogP contribution is 2.29. The first-order chi connectivity index (χ1) is 9.93. The number of para-hydroxylation sites is 1. The van der Waals surface area contributed by atoms with E-state index in [1.165, 1.54) is 6.07 Å². The molecule has 21 heavy (non-hydrogen) atoms. The third-order valence-corrected chi connectivity index (χ3v) is 2.32. The number of ether oxygens (including phenoxy) is 1. The van der Waals surface area contributed by atoms with Gasteiger partial charge in [0.05, 0.1) is 12.7 Å². The fourth-order valence-electron chi connectivity index (χ4n) is 1.38. The Hall–Kier alpha value is -1.97. The Morgan fingerprint density at radius 3 is 1.76 bits per heavy atom. The molecule has 0 spiro atoms. The second kappa shape index (κ2) is 9.86. The van der Waals surface area contributed by atoms with Gasteiger partial charge in [0.2, 0.25) is 0 Å². The van der Waals surface area contributed by atoms with E-state index >= 15 is 0 Å². The second-order valence-corrected chi connectivity index (χ2v) is 3.88. The van der Waals surface area contributed by atoms with Crippen LogP contribution in [-0.4, -0.2) is 7.11 Å². The van der Waals surface area contributed by atoms with Gasteiger partial charge in [0, 0.05) is 0 Å². The summed E-state index contributed by atoms with van der Waals surface area (Å²) < 4.78 is 40.8. The Kier molecular flexibility index (Phi) is 8.93. The maximum Gasteiger partial charge on any atom is 0.416 e. The largest absolute Gasteiger partial charge is 0.497 e. The van der Waals surface area contributed by atoms with E-state index in [1.54, 1.807) is 20.1 Å². The van der Waals surface area contributed by atoms with E-state index in [0.29, 0.717) is 5.56 Å². The Bertz CT molecular complexity index is 493. The monoisotopic (exact) mass is 298 g/mol. The summed E-state index contributed by atoms with van der Waals surface area (Å²) in [5.41, 5.74) is 0.0392. The molecule has 0 aliphatic rings. The topological polar surface area (TPSA) is 9.23 Å². The molecular formula is C17H21F3O. The molecule has 0 heterocycles. The van der Waals surface area contributed by atoms with Crippen molar-refractivity contribution in [3.63, 3.8) is 0 Å². The van der Waals surface area contributed by atoms with Crippen molar-refractivity contribution >= 4 is 0 Å². The molecule has 0 fully saturated rings. The average molecular weight is 298 g/mol. The number of rotatable bonds is 1. The standard InChI is InChI=1S/C8H7F3.C7H8O.C2H6/c1-6-3-2-4-7(5-6)8(9,10)11;1-8-7-5-3-2-4-6-7;1-2/h2-5H,1H3;2-6H,1H3;1-2H3. The van der Waals surface area contributed by atoms with E-state index < -0.39 is 11.7 Å². The molecule has 2 aromatic rings. The van der Waals surface area contributed by atoms with Crippen LogP contribution in [0.3, 0.4) is 0 Å². The van der Waals surface area contributed by atoms with Crippen LogP contribution >= 0.6 is 0 Å². The predicted molar refractivity (Wildman–Crippen MR) is 80.5 cm³/mol. The van der Waals surface area contributed by atoms with Crippen LogP contribution in [0.2, 0.25) is 0 Å². The summed E-state index contributed by atoms with van der Waals surface area (Å²) in [7, 11) is 1.66. The zero-order valence-corrected chi connectivity index (χ0v) is 12.7. The van der Waals surface area contributed by atoms with Crippen molar-refractivity contribution in [1.82, 2.24) is 0 Å². The maximum absolute atomic E-state index is 12.0. The minimum absolute atomic E-state index is 0.586. The fraction of sp³-hybridized carbons (Fsp3) is 0.294. The molecule has 2 aromatic carbocycles.